The van der Waals surface area contributed by atoms with Crippen LogP contribution in [0.1, 0.15) is 10.5 Å². The van der Waals surface area contributed by atoms with Crippen molar-refractivity contribution in [2.24, 2.45) is 0 Å². The van der Waals surface area contributed by atoms with Gasteiger partial charge in [0.1, 0.15) is 5.69 Å². The Labute approximate surface area is 101 Å². The van der Waals surface area contributed by atoms with Gasteiger partial charge in [-0.2, -0.15) is 0 Å². The van der Waals surface area contributed by atoms with Crippen LogP contribution >= 0.6 is 15.9 Å². The molecule has 1 N–H and O–H groups in total. The standard InChI is InChI=1S/C11H9BrN2O2/c1-16-11(15)10-4-7(5-14-10)8-2-3-13-6-9(8)12/h2-6,14H,1H3. The Morgan fingerprint density at radius 1 is 1.56 bits per heavy atom. The molecule has 0 amide bonds. The number of methoxy groups -OCH3 is 1. The molecular weight excluding hydrogens is 272 g/mol. The molecule has 82 valence electrons. The van der Waals surface area contributed by atoms with E-state index >= 15 is 0 Å². The highest BCUT2D eigenvalue weighted by molar-refractivity contribution is 9.10. The fourth-order valence-electron chi connectivity index (χ4n) is 1.39. The monoisotopic (exact) mass is 280 g/mol. The zero-order chi connectivity index (χ0) is 11.5. The van der Waals surface area contributed by atoms with Crippen LogP contribution in [0.25, 0.3) is 11.1 Å². The number of halogens is 1. The predicted octanol–water partition coefficient (Wildman–Crippen LogP) is 2.63. The van der Waals surface area contributed by atoms with Gasteiger partial charge in [-0.05, 0) is 28.1 Å². The largest absolute Gasteiger partial charge is 0.464 e. The Morgan fingerprint density at radius 2 is 2.38 bits per heavy atom. The van der Waals surface area contributed by atoms with Gasteiger partial charge in [0.15, 0.2) is 0 Å². The highest BCUT2D eigenvalue weighted by Gasteiger charge is 2.10. The van der Waals surface area contributed by atoms with Crippen molar-refractivity contribution < 1.29 is 9.53 Å². The van der Waals surface area contributed by atoms with Crippen molar-refractivity contribution in [3.63, 3.8) is 0 Å². The molecule has 0 atom stereocenters. The van der Waals surface area contributed by atoms with E-state index < -0.39 is 0 Å². The van der Waals surface area contributed by atoms with Gasteiger partial charge in [-0.25, -0.2) is 4.79 Å². The van der Waals surface area contributed by atoms with Crippen LogP contribution in [0.4, 0.5) is 0 Å². The molecule has 2 heterocycles. The van der Waals surface area contributed by atoms with E-state index in [9.17, 15) is 4.79 Å². The zero-order valence-corrected chi connectivity index (χ0v) is 10.1. The van der Waals surface area contributed by atoms with Crippen LogP contribution in [0.3, 0.4) is 0 Å². The van der Waals surface area contributed by atoms with Crippen molar-refractivity contribution in [3.05, 3.63) is 40.9 Å². The predicted molar refractivity (Wildman–Crippen MR) is 63.1 cm³/mol. The van der Waals surface area contributed by atoms with Crippen LogP contribution < -0.4 is 0 Å². The summed E-state index contributed by atoms with van der Waals surface area (Å²) in [6.07, 6.45) is 5.16. The van der Waals surface area contributed by atoms with E-state index in [1.807, 2.05) is 6.07 Å². The molecule has 0 spiro atoms. The minimum absolute atomic E-state index is 0.378. The zero-order valence-electron chi connectivity index (χ0n) is 8.53. The van der Waals surface area contributed by atoms with E-state index in [2.05, 4.69) is 30.6 Å². The van der Waals surface area contributed by atoms with Gasteiger partial charge >= 0.3 is 5.97 Å². The smallest absolute Gasteiger partial charge is 0.354 e. The van der Waals surface area contributed by atoms with E-state index in [-0.39, 0.29) is 5.97 Å². The number of aromatic nitrogens is 2. The van der Waals surface area contributed by atoms with Crippen LogP contribution in [-0.2, 0) is 4.74 Å². The fraction of sp³-hybridized carbons (Fsp3) is 0.0909. The lowest BCUT2D eigenvalue weighted by Crippen LogP contribution is -2.00. The highest BCUT2D eigenvalue weighted by Crippen LogP contribution is 2.27. The Kier molecular flexibility index (Phi) is 3.05. The summed E-state index contributed by atoms with van der Waals surface area (Å²) in [6, 6.07) is 3.61. The average molecular weight is 281 g/mol. The molecule has 0 aliphatic carbocycles. The minimum atomic E-state index is -0.378. The summed E-state index contributed by atoms with van der Waals surface area (Å²) >= 11 is 3.40. The number of pyridine rings is 1. The van der Waals surface area contributed by atoms with Crippen LogP contribution in [0, 0.1) is 0 Å². The first kappa shape index (κ1) is 10.9. The first-order chi connectivity index (χ1) is 7.72. The molecule has 2 rings (SSSR count). The van der Waals surface area contributed by atoms with Crippen LogP contribution in [0.15, 0.2) is 35.2 Å². The van der Waals surface area contributed by atoms with E-state index in [0.29, 0.717) is 5.69 Å². The van der Waals surface area contributed by atoms with Gasteiger partial charge in [-0.3, -0.25) is 4.98 Å². The summed E-state index contributed by atoms with van der Waals surface area (Å²) in [4.78, 5) is 18.1. The number of hydrogen-bond acceptors (Lipinski definition) is 3. The molecule has 5 heteroatoms. The number of hydrogen-bond donors (Lipinski definition) is 1. The maximum Gasteiger partial charge on any atom is 0.354 e. The third kappa shape index (κ3) is 1.99. The van der Waals surface area contributed by atoms with Crippen molar-refractivity contribution in [2.75, 3.05) is 7.11 Å². The van der Waals surface area contributed by atoms with E-state index in [1.165, 1.54) is 7.11 Å². The highest BCUT2D eigenvalue weighted by atomic mass is 79.9. The maximum atomic E-state index is 11.3. The molecule has 0 saturated heterocycles. The van der Waals surface area contributed by atoms with Crippen molar-refractivity contribution in [1.82, 2.24) is 9.97 Å². The third-order valence-electron chi connectivity index (χ3n) is 2.17. The van der Waals surface area contributed by atoms with Crippen molar-refractivity contribution in [3.8, 4) is 11.1 Å². The molecule has 16 heavy (non-hydrogen) atoms. The molecule has 0 aromatic carbocycles. The molecular formula is C11H9BrN2O2. The van der Waals surface area contributed by atoms with Crippen LogP contribution in [-0.4, -0.2) is 23.0 Å². The topological polar surface area (TPSA) is 55.0 Å². The summed E-state index contributed by atoms with van der Waals surface area (Å²) < 4.78 is 5.50. The lowest BCUT2D eigenvalue weighted by molar-refractivity contribution is 0.0595. The number of H-pyrrole nitrogens is 1. The molecule has 0 fully saturated rings. The van der Waals surface area contributed by atoms with Crippen LogP contribution in [0.2, 0.25) is 0 Å². The minimum Gasteiger partial charge on any atom is -0.464 e. The molecule has 0 saturated carbocycles. The Morgan fingerprint density at radius 3 is 3.06 bits per heavy atom. The SMILES string of the molecule is COC(=O)c1cc(-c2ccncc2Br)c[nH]1. The second kappa shape index (κ2) is 4.49. The Hall–Kier alpha value is -1.62. The van der Waals surface area contributed by atoms with Gasteiger partial charge in [0.25, 0.3) is 0 Å². The molecule has 4 nitrogen and oxygen atoms in total. The normalized spacial score (nSPS) is 10.1. The Bertz CT molecular complexity index is 522. The summed E-state index contributed by atoms with van der Waals surface area (Å²) in [5, 5.41) is 0. The number of nitrogens with one attached hydrogen (secondary N) is 1. The molecule has 0 aliphatic rings. The van der Waals surface area contributed by atoms with Gasteiger partial charge in [-0.1, -0.05) is 0 Å². The lowest BCUT2D eigenvalue weighted by atomic mass is 10.1. The maximum absolute atomic E-state index is 11.3. The van der Waals surface area contributed by atoms with Gasteiger partial charge in [0.05, 0.1) is 7.11 Å². The summed E-state index contributed by atoms with van der Waals surface area (Å²) in [7, 11) is 1.35. The van der Waals surface area contributed by atoms with E-state index in [4.69, 9.17) is 0 Å². The average Bonchev–Trinajstić information content (AvgIpc) is 2.78. The molecule has 2 aromatic heterocycles. The molecule has 0 aliphatic heterocycles. The number of nitrogens with zero attached hydrogens (tertiary/aromatic N) is 1. The second-order valence-electron chi connectivity index (χ2n) is 3.15. The van der Waals surface area contributed by atoms with Crippen molar-refractivity contribution in [2.45, 2.75) is 0 Å². The Balaban J connectivity index is 2.39. The number of carbonyl (C=O) groups is 1. The van der Waals surface area contributed by atoms with E-state index in [0.717, 1.165) is 15.6 Å². The number of esters is 1. The number of carbonyl (C=O) groups excluding carboxylic acids is 1. The quantitative estimate of drug-likeness (QED) is 0.861. The lowest BCUT2D eigenvalue weighted by Gasteiger charge is -1.99. The van der Waals surface area contributed by atoms with Gasteiger partial charge in [-0.15, -0.1) is 0 Å². The van der Waals surface area contributed by atoms with Crippen LogP contribution in [0.5, 0.6) is 0 Å². The molecule has 0 bridgehead atoms. The summed E-state index contributed by atoms with van der Waals surface area (Å²) in [5.74, 6) is -0.378. The molecule has 2 aromatic rings. The fourth-order valence-corrected chi connectivity index (χ4v) is 1.87. The molecule has 0 unspecified atom stereocenters. The molecule has 0 radical (unpaired) electrons. The summed E-state index contributed by atoms with van der Waals surface area (Å²) in [6.45, 7) is 0. The first-order valence-corrected chi connectivity index (χ1v) is 5.38. The number of ether oxygens (including phenoxy) is 1. The first-order valence-electron chi connectivity index (χ1n) is 4.59. The van der Waals surface area contributed by atoms with Crippen molar-refractivity contribution in [1.29, 1.82) is 0 Å². The third-order valence-corrected chi connectivity index (χ3v) is 2.80. The van der Waals surface area contributed by atoms with E-state index in [1.54, 1.807) is 24.7 Å². The van der Waals surface area contributed by atoms with Gasteiger partial charge < -0.3 is 9.72 Å². The number of aromatic amines is 1. The second-order valence-corrected chi connectivity index (χ2v) is 4.00. The van der Waals surface area contributed by atoms with Crippen molar-refractivity contribution >= 4 is 21.9 Å². The van der Waals surface area contributed by atoms with Gasteiger partial charge in [0, 0.05) is 34.2 Å². The van der Waals surface area contributed by atoms with Gasteiger partial charge in [0.2, 0.25) is 0 Å². The summed E-state index contributed by atoms with van der Waals surface area (Å²) in [5.41, 5.74) is 2.32. The number of rotatable bonds is 2.